The minimum atomic E-state index is 0.229. The SMILES string of the molecule is CC.CC(C)n1ncc2c(-c3ccccc3)nc(Cl)nc21.NC=O. The van der Waals surface area contributed by atoms with Gasteiger partial charge in [0.15, 0.2) is 5.65 Å². The molecule has 0 atom stereocenters. The molecule has 0 aliphatic rings. The Morgan fingerprint density at radius 2 is 1.75 bits per heavy atom. The van der Waals surface area contributed by atoms with Gasteiger partial charge in [-0.25, -0.2) is 9.67 Å². The van der Waals surface area contributed by atoms with E-state index in [4.69, 9.17) is 16.4 Å². The lowest BCUT2D eigenvalue weighted by molar-refractivity contribution is -0.106. The van der Waals surface area contributed by atoms with Gasteiger partial charge < -0.3 is 5.73 Å². The van der Waals surface area contributed by atoms with E-state index in [-0.39, 0.29) is 17.7 Å². The van der Waals surface area contributed by atoms with Crippen molar-refractivity contribution in [2.45, 2.75) is 33.7 Å². The van der Waals surface area contributed by atoms with Crippen molar-refractivity contribution in [2.24, 2.45) is 5.73 Å². The van der Waals surface area contributed by atoms with E-state index in [1.807, 2.05) is 48.9 Å². The average Bonchev–Trinajstić information content (AvgIpc) is 3.01. The first-order valence-electron chi connectivity index (χ1n) is 7.70. The molecule has 0 unspecified atom stereocenters. The molecule has 0 aliphatic carbocycles. The van der Waals surface area contributed by atoms with Crippen LogP contribution in [0.4, 0.5) is 0 Å². The van der Waals surface area contributed by atoms with E-state index in [1.165, 1.54) is 0 Å². The number of aromatic nitrogens is 4. The third kappa shape index (κ3) is 4.52. The number of hydrogen-bond acceptors (Lipinski definition) is 4. The first-order valence-corrected chi connectivity index (χ1v) is 8.07. The Hall–Kier alpha value is -2.47. The van der Waals surface area contributed by atoms with Gasteiger partial charge in [0.05, 0.1) is 17.3 Å². The second-order valence-corrected chi connectivity index (χ2v) is 5.10. The van der Waals surface area contributed by atoms with Crippen molar-refractivity contribution < 1.29 is 4.79 Å². The topological polar surface area (TPSA) is 86.7 Å². The van der Waals surface area contributed by atoms with E-state index in [0.29, 0.717) is 0 Å². The number of halogens is 1. The van der Waals surface area contributed by atoms with Crippen molar-refractivity contribution in [3.05, 3.63) is 41.8 Å². The van der Waals surface area contributed by atoms with E-state index < -0.39 is 0 Å². The predicted molar refractivity (Wildman–Crippen MR) is 97.8 cm³/mol. The minimum absolute atomic E-state index is 0.229. The Kier molecular flexibility index (Phi) is 7.85. The van der Waals surface area contributed by atoms with Crippen LogP contribution in [0.5, 0.6) is 0 Å². The zero-order chi connectivity index (χ0) is 18.1. The first kappa shape index (κ1) is 19.6. The molecule has 1 amide bonds. The average molecular weight is 348 g/mol. The number of primary amides is 1. The zero-order valence-corrected chi connectivity index (χ0v) is 15.0. The van der Waals surface area contributed by atoms with Gasteiger partial charge in [0.1, 0.15) is 0 Å². The second-order valence-electron chi connectivity index (χ2n) is 4.76. The zero-order valence-electron chi connectivity index (χ0n) is 14.3. The highest BCUT2D eigenvalue weighted by Crippen LogP contribution is 2.28. The number of fused-ring (bicyclic) bond motifs is 1. The lowest BCUT2D eigenvalue weighted by atomic mass is 10.1. The molecular weight excluding hydrogens is 326 g/mol. The number of carbonyl (C=O) groups is 1. The Morgan fingerprint density at radius 3 is 2.29 bits per heavy atom. The van der Waals surface area contributed by atoms with E-state index in [1.54, 1.807) is 6.20 Å². The molecule has 3 rings (SSSR count). The number of amides is 1. The molecule has 0 aliphatic heterocycles. The summed E-state index contributed by atoms with van der Waals surface area (Å²) in [4.78, 5) is 17.2. The van der Waals surface area contributed by atoms with Crippen molar-refractivity contribution in [1.82, 2.24) is 19.7 Å². The maximum Gasteiger partial charge on any atom is 0.225 e. The number of hydrogen-bond donors (Lipinski definition) is 1. The van der Waals surface area contributed by atoms with Crippen LogP contribution in [0.1, 0.15) is 33.7 Å². The van der Waals surface area contributed by atoms with Crippen molar-refractivity contribution in [2.75, 3.05) is 0 Å². The summed E-state index contributed by atoms with van der Waals surface area (Å²) in [5.74, 6) is 0. The number of rotatable bonds is 2. The molecule has 0 bridgehead atoms. The fraction of sp³-hybridized carbons (Fsp3) is 0.294. The fourth-order valence-electron chi connectivity index (χ4n) is 2.09. The largest absolute Gasteiger partial charge is 0.372 e. The summed E-state index contributed by atoms with van der Waals surface area (Å²) in [5, 5.41) is 5.54. The quantitative estimate of drug-likeness (QED) is 0.563. The van der Waals surface area contributed by atoms with Crippen LogP contribution in [-0.4, -0.2) is 26.2 Å². The van der Waals surface area contributed by atoms with Gasteiger partial charge in [-0.2, -0.15) is 10.1 Å². The Labute approximate surface area is 146 Å². The van der Waals surface area contributed by atoms with Gasteiger partial charge in [0.2, 0.25) is 11.7 Å². The fourth-order valence-corrected chi connectivity index (χ4v) is 2.26. The molecule has 128 valence electrons. The molecule has 7 heteroatoms. The maximum absolute atomic E-state index is 8.58. The first-order chi connectivity index (χ1) is 11.6. The number of nitrogens with two attached hydrogens (primary N) is 1. The van der Waals surface area contributed by atoms with Gasteiger partial charge >= 0.3 is 0 Å². The highest BCUT2D eigenvalue weighted by Gasteiger charge is 2.14. The minimum Gasteiger partial charge on any atom is -0.372 e. The van der Waals surface area contributed by atoms with E-state index in [2.05, 4.69) is 34.6 Å². The van der Waals surface area contributed by atoms with Crippen LogP contribution < -0.4 is 5.73 Å². The summed E-state index contributed by atoms with van der Waals surface area (Å²) in [6, 6.07) is 10.2. The monoisotopic (exact) mass is 347 g/mol. The molecule has 2 N–H and O–H groups in total. The third-order valence-electron chi connectivity index (χ3n) is 2.96. The lowest BCUT2D eigenvalue weighted by Gasteiger charge is -2.07. The Bertz CT molecular complexity index is 771. The summed E-state index contributed by atoms with van der Waals surface area (Å²) in [5.41, 5.74) is 6.77. The highest BCUT2D eigenvalue weighted by molar-refractivity contribution is 6.28. The summed E-state index contributed by atoms with van der Waals surface area (Å²) in [6.45, 7) is 8.12. The lowest BCUT2D eigenvalue weighted by Crippen LogP contribution is -2.04. The van der Waals surface area contributed by atoms with Crippen molar-refractivity contribution in [3.63, 3.8) is 0 Å². The smallest absolute Gasteiger partial charge is 0.225 e. The number of carbonyl (C=O) groups excluding carboxylic acids is 1. The van der Waals surface area contributed by atoms with E-state index in [9.17, 15) is 0 Å². The van der Waals surface area contributed by atoms with Gasteiger partial charge in [0.25, 0.3) is 0 Å². The van der Waals surface area contributed by atoms with Gasteiger partial charge in [-0.3, -0.25) is 4.79 Å². The highest BCUT2D eigenvalue weighted by atomic mass is 35.5. The van der Waals surface area contributed by atoms with Gasteiger partial charge in [0, 0.05) is 11.6 Å². The third-order valence-corrected chi connectivity index (χ3v) is 3.13. The number of nitrogens with zero attached hydrogens (tertiary/aromatic N) is 4. The predicted octanol–water partition coefficient (Wildman–Crippen LogP) is 3.86. The van der Waals surface area contributed by atoms with Crippen LogP contribution in [0.25, 0.3) is 22.3 Å². The molecule has 1 aromatic carbocycles. The molecule has 3 aromatic rings. The molecule has 0 saturated carbocycles. The summed E-state index contributed by atoms with van der Waals surface area (Å²) >= 11 is 6.04. The molecular formula is C17H22ClN5O. The van der Waals surface area contributed by atoms with Crippen molar-refractivity contribution in [1.29, 1.82) is 0 Å². The van der Waals surface area contributed by atoms with Crippen LogP contribution in [0, 0.1) is 0 Å². The second kappa shape index (κ2) is 9.62. The molecule has 24 heavy (non-hydrogen) atoms. The number of benzene rings is 1. The molecule has 2 aromatic heterocycles. The molecule has 0 radical (unpaired) electrons. The van der Waals surface area contributed by atoms with E-state index >= 15 is 0 Å². The summed E-state index contributed by atoms with van der Waals surface area (Å²) in [6.07, 6.45) is 2.05. The molecule has 6 nitrogen and oxygen atoms in total. The molecule has 0 spiro atoms. The van der Waals surface area contributed by atoms with Crippen LogP contribution in [0.3, 0.4) is 0 Å². The molecule has 0 fully saturated rings. The van der Waals surface area contributed by atoms with Gasteiger partial charge in [-0.05, 0) is 25.4 Å². The van der Waals surface area contributed by atoms with Gasteiger partial charge in [-0.15, -0.1) is 0 Å². The van der Waals surface area contributed by atoms with Crippen LogP contribution in [0.2, 0.25) is 5.28 Å². The van der Waals surface area contributed by atoms with Crippen molar-refractivity contribution >= 4 is 29.0 Å². The summed E-state index contributed by atoms with van der Waals surface area (Å²) in [7, 11) is 0. The Morgan fingerprint density at radius 1 is 1.17 bits per heavy atom. The normalized spacial score (nSPS) is 9.75. The van der Waals surface area contributed by atoms with E-state index in [0.717, 1.165) is 22.3 Å². The standard InChI is InChI=1S/C14H13ClN4.C2H6.CH3NO/c1-9(2)19-13-11(8-16-19)12(17-14(15)18-13)10-6-4-3-5-7-10;1-2;2-1-3/h3-9H,1-2H3;1-2H3;1H,(H2,2,3). The van der Waals surface area contributed by atoms with Crippen molar-refractivity contribution in [3.8, 4) is 11.3 Å². The Balaban J connectivity index is 0.000000521. The molecule has 2 heterocycles. The summed E-state index contributed by atoms with van der Waals surface area (Å²) < 4.78 is 1.86. The molecule has 0 saturated heterocycles. The van der Waals surface area contributed by atoms with Gasteiger partial charge in [-0.1, -0.05) is 44.2 Å². The van der Waals surface area contributed by atoms with Crippen LogP contribution >= 0.6 is 11.6 Å². The van der Waals surface area contributed by atoms with Crippen LogP contribution in [-0.2, 0) is 4.79 Å². The maximum atomic E-state index is 8.58. The van der Waals surface area contributed by atoms with Crippen LogP contribution in [0.15, 0.2) is 36.5 Å².